The number of carboxylic acid groups (broad SMARTS) is 1. The summed E-state index contributed by atoms with van der Waals surface area (Å²) in [5, 5.41) is 6.21. The number of hydrogen-bond acceptors (Lipinski definition) is 4. The number of hydrogen-bond donors (Lipinski definition) is 1. The van der Waals surface area contributed by atoms with E-state index in [1.807, 2.05) is 0 Å². The van der Waals surface area contributed by atoms with Crippen molar-refractivity contribution in [2.45, 2.75) is 0 Å². The van der Waals surface area contributed by atoms with Crippen molar-refractivity contribution in [3.05, 3.63) is 52.3 Å². The lowest BCUT2D eigenvalue weighted by Crippen LogP contribution is -2.03. The molecule has 0 amide bonds. The first-order valence-corrected chi connectivity index (χ1v) is 9.20. The molecule has 0 fully saturated rings. The molecule has 0 aliphatic heterocycles. The van der Waals surface area contributed by atoms with Crippen molar-refractivity contribution in [2.24, 2.45) is 0 Å². The first kappa shape index (κ1) is 23.7. The Hall–Kier alpha value is -0.290. The van der Waals surface area contributed by atoms with Gasteiger partial charge < -0.3 is 5.11 Å². The predicted octanol–water partition coefficient (Wildman–Crippen LogP) is 6.66. The molecule has 0 bridgehead atoms. The fraction of sp³-hybridized carbons (Fsp3) is 0. The van der Waals surface area contributed by atoms with Gasteiger partial charge in [-0.25, -0.2) is 23.5 Å². The van der Waals surface area contributed by atoms with Gasteiger partial charge in [-0.15, -0.1) is 0 Å². The zero-order valence-electron chi connectivity index (χ0n) is 11.6. The molecule has 14 heteroatoms. The molecule has 2 aromatic rings. The number of nitrogens with zero attached hydrogens (tertiary/aromatic N) is 2. The van der Waals surface area contributed by atoms with Gasteiger partial charge >= 0.3 is 5.97 Å². The second-order valence-electron chi connectivity index (χ2n) is 3.97. The summed E-state index contributed by atoms with van der Waals surface area (Å²) in [6.45, 7) is 0. The van der Waals surface area contributed by atoms with Crippen molar-refractivity contribution >= 4 is 101 Å². The van der Waals surface area contributed by atoms with E-state index in [0.717, 1.165) is 0 Å². The zero-order chi connectivity index (χ0) is 20.3. The number of aromatic carboxylic acids is 1. The topological polar surface area (TPSA) is 80.2 Å². The van der Waals surface area contributed by atoms with Crippen LogP contribution in [-0.2, 0) is 0 Å². The lowest BCUT2D eigenvalue weighted by molar-refractivity contribution is 0.0694. The molecule has 5 nitrogen and oxygen atoms in total. The van der Waals surface area contributed by atoms with Crippen LogP contribution < -0.4 is 0 Å². The van der Waals surface area contributed by atoms with Crippen LogP contribution >= 0.6 is 89.9 Å². The van der Waals surface area contributed by atoms with E-state index in [2.05, 4.69) is 41.8 Å². The van der Waals surface area contributed by atoms with Gasteiger partial charge in [0.15, 0.2) is 21.9 Å². The fourth-order valence-electron chi connectivity index (χ4n) is 1.31. The lowest BCUT2D eigenvalue weighted by Gasteiger charge is -2.03. The van der Waals surface area contributed by atoms with Crippen molar-refractivity contribution in [3.63, 3.8) is 0 Å². The SMILES string of the molecule is O=C(Cl)c1c(Cl)nc(Cl)c(F)c1Br.O=C(O)c1c(Cl)nc(Cl)c(F)c1Br. The summed E-state index contributed by atoms with van der Waals surface area (Å²) < 4.78 is 25.5. The van der Waals surface area contributed by atoms with E-state index >= 15 is 0 Å². The fourth-order valence-corrected chi connectivity index (χ4v) is 4.19. The molecule has 2 rings (SSSR count). The number of aromatic nitrogens is 2. The molecule has 0 unspecified atom stereocenters. The summed E-state index contributed by atoms with van der Waals surface area (Å²) in [5.74, 6) is -3.18. The number of halogens is 9. The maximum Gasteiger partial charge on any atom is 0.340 e. The largest absolute Gasteiger partial charge is 0.478 e. The molecular weight excluding hydrogens is 595 g/mol. The van der Waals surface area contributed by atoms with Crippen LogP contribution in [0.4, 0.5) is 8.78 Å². The van der Waals surface area contributed by atoms with E-state index in [9.17, 15) is 18.4 Å². The van der Waals surface area contributed by atoms with Gasteiger partial charge in [0, 0.05) is 0 Å². The normalized spacial score (nSPS) is 10.2. The lowest BCUT2D eigenvalue weighted by atomic mass is 10.3. The molecule has 2 aromatic heterocycles. The molecule has 0 spiro atoms. The number of rotatable bonds is 2. The van der Waals surface area contributed by atoms with Gasteiger partial charge in [0.25, 0.3) is 5.24 Å². The predicted molar refractivity (Wildman–Crippen MR) is 101 cm³/mol. The third kappa shape index (κ3) is 5.37. The summed E-state index contributed by atoms with van der Waals surface area (Å²) in [7, 11) is 0. The summed E-state index contributed by atoms with van der Waals surface area (Å²) in [6.07, 6.45) is 0. The van der Waals surface area contributed by atoms with Crippen LogP contribution in [-0.4, -0.2) is 26.3 Å². The first-order valence-electron chi connectivity index (χ1n) is 5.73. The molecule has 0 aliphatic rings. The Kier molecular flexibility index (Phi) is 8.92. The van der Waals surface area contributed by atoms with Crippen molar-refractivity contribution in [2.75, 3.05) is 0 Å². The molecule has 2 heterocycles. The van der Waals surface area contributed by atoms with Crippen molar-refractivity contribution < 1.29 is 23.5 Å². The van der Waals surface area contributed by atoms with E-state index in [-0.39, 0.29) is 24.8 Å². The van der Waals surface area contributed by atoms with E-state index < -0.39 is 38.7 Å². The Morgan fingerprint density at radius 1 is 0.808 bits per heavy atom. The van der Waals surface area contributed by atoms with Crippen molar-refractivity contribution in [3.8, 4) is 0 Å². The molecule has 26 heavy (non-hydrogen) atoms. The standard InChI is InChI=1S/C6BrCl3FNO.C6HBrCl2FNO2/c7-2-1(6(10)13)4(8)12-5(9)3(2)11;7-2-1(6(12)13)4(8)11-5(9)3(2)10/h;(H,12,13). The maximum atomic E-state index is 13.0. The summed E-state index contributed by atoms with van der Waals surface area (Å²) in [5.41, 5.74) is -0.672. The third-order valence-electron chi connectivity index (χ3n) is 2.40. The molecule has 1 N–H and O–H groups in total. The Morgan fingerprint density at radius 2 is 1.15 bits per heavy atom. The number of pyridine rings is 2. The molecule has 0 saturated heterocycles. The Bertz CT molecular complexity index is 844. The average molecular weight is 596 g/mol. The molecule has 140 valence electrons. The quantitative estimate of drug-likeness (QED) is 0.310. The van der Waals surface area contributed by atoms with Crippen LogP contribution in [0.15, 0.2) is 8.95 Å². The molecule has 0 radical (unpaired) electrons. The summed E-state index contributed by atoms with van der Waals surface area (Å²) in [6, 6.07) is 0. The van der Waals surface area contributed by atoms with E-state index in [4.69, 9.17) is 63.1 Å². The van der Waals surface area contributed by atoms with Gasteiger partial charge in [-0.2, -0.15) is 0 Å². The zero-order valence-corrected chi connectivity index (χ0v) is 18.5. The van der Waals surface area contributed by atoms with E-state index in [1.165, 1.54) is 0 Å². The monoisotopic (exact) mass is 592 g/mol. The number of carbonyl (C=O) groups is 2. The smallest absolute Gasteiger partial charge is 0.340 e. The van der Waals surface area contributed by atoms with Gasteiger partial charge in [0.05, 0.1) is 14.5 Å². The van der Waals surface area contributed by atoms with Gasteiger partial charge in [0.2, 0.25) is 0 Å². The van der Waals surface area contributed by atoms with Crippen LogP contribution in [0.3, 0.4) is 0 Å². The highest BCUT2D eigenvalue weighted by Crippen LogP contribution is 2.31. The van der Waals surface area contributed by atoms with E-state index in [1.54, 1.807) is 0 Å². The summed E-state index contributed by atoms with van der Waals surface area (Å²) in [4.78, 5) is 28.0. The van der Waals surface area contributed by atoms with Crippen LogP contribution in [0, 0.1) is 11.6 Å². The van der Waals surface area contributed by atoms with E-state index in [0.29, 0.717) is 0 Å². The first-order chi connectivity index (χ1) is 11.9. The van der Waals surface area contributed by atoms with Gasteiger partial charge in [-0.1, -0.05) is 46.4 Å². The third-order valence-corrected chi connectivity index (χ3v) is 5.13. The Morgan fingerprint density at radius 3 is 1.50 bits per heavy atom. The second kappa shape index (κ2) is 9.77. The minimum absolute atomic E-state index is 0.183. The Labute approximate surface area is 185 Å². The minimum Gasteiger partial charge on any atom is -0.478 e. The molecule has 0 saturated carbocycles. The highest BCUT2D eigenvalue weighted by atomic mass is 79.9. The number of carbonyl (C=O) groups excluding carboxylic acids is 1. The van der Waals surface area contributed by atoms with Gasteiger partial charge in [-0.05, 0) is 43.5 Å². The second-order valence-corrected chi connectivity index (χ2v) is 7.33. The minimum atomic E-state index is -1.38. The van der Waals surface area contributed by atoms with Crippen LogP contribution in [0.25, 0.3) is 0 Å². The van der Waals surface area contributed by atoms with Gasteiger partial charge in [0.1, 0.15) is 15.9 Å². The number of carboxylic acids is 1. The maximum absolute atomic E-state index is 13.0. The molecular formula is C12HBr2Cl5F2N2O3. The highest BCUT2D eigenvalue weighted by molar-refractivity contribution is 9.10. The van der Waals surface area contributed by atoms with Crippen molar-refractivity contribution in [1.29, 1.82) is 0 Å². The molecule has 0 aliphatic carbocycles. The molecule has 0 aromatic carbocycles. The van der Waals surface area contributed by atoms with Crippen LogP contribution in [0.1, 0.15) is 20.7 Å². The highest BCUT2D eigenvalue weighted by Gasteiger charge is 2.21. The Balaban J connectivity index is 0.000000260. The molecule has 0 atom stereocenters. The van der Waals surface area contributed by atoms with Crippen LogP contribution in [0.5, 0.6) is 0 Å². The average Bonchev–Trinajstić information content (AvgIpc) is 2.50. The van der Waals surface area contributed by atoms with Gasteiger partial charge in [-0.3, -0.25) is 4.79 Å². The van der Waals surface area contributed by atoms with Crippen molar-refractivity contribution in [1.82, 2.24) is 9.97 Å². The summed E-state index contributed by atoms with van der Waals surface area (Å²) >= 11 is 32.2. The van der Waals surface area contributed by atoms with Crippen LogP contribution in [0.2, 0.25) is 20.6 Å².